The molecule has 0 aromatic carbocycles. The first-order valence-electron chi connectivity index (χ1n) is 5.32. The highest BCUT2D eigenvalue weighted by atomic mass is 35.5. The van der Waals surface area contributed by atoms with Gasteiger partial charge in [-0.2, -0.15) is 0 Å². The average molecular weight is 277 g/mol. The largest absolute Gasteiger partial charge is 0.465 e. The summed E-state index contributed by atoms with van der Waals surface area (Å²) < 4.78 is 4.61. The lowest BCUT2D eigenvalue weighted by Gasteiger charge is -2.17. The summed E-state index contributed by atoms with van der Waals surface area (Å²) in [4.78, 5) is 15.7. The standard InChI is InChI=1S/C11H17ClN2O2S/c1-11(2,3)5-6-13-10-14-8(12)7(17-10)9(15)16-4/h5-6H2,1-4H3,(H,13,14). The third-order valence-corrected chi connectivity index (χ3v) is 3.49. The first-order valence-corrected chi connectivity index (χ1v) is 6.51. The highest BCUT2D eigenvalue weighted by Crippen LogP contribution is 2.28. The molecule has 6 heteroatoms. The van der Waals surface area contributed by atoms with Crippen LogP contribution in [0.3, 0.4) is 0 Å². The fraction of sp³-hybridized carbons (Fsp3) is 0.636. The topological polar surface area (TPSA) is 51.2 Å². The van der Waals surface area contributed by atoms with Crippen molar-refractivity contribution in [3.05, 3.63) is 10.0 Å². The maximum Gasteiger partial charge on any atom is 0.351 e. The Morgan fingerprint density at radius 2 is 2.18 bits per heavy atom. The van der Waals surface area contributed by atoms with Crippen LogP contribution in [0.1, 0.15) is 36.9 Å². The summed E-state index contributed by atoms with van der Waals surface area (Å²) in [6.45, 7) is 7.31. The lowest BCUT2D eigenvalue weighted by atomic mass is 9.92. The van der Waals surface area contributed by atoms with Gasteiger partial charge in [0.25, 0.3) is 0 Å². The summed E-state index contributed by atoms with van der Waals surface area (Å²) in [7, 11) is 1.32. The number of thiazole rings is 1. The number of halogens is 1. The molecule has 0 atom stereocenters. The maximum absolute atomic E-state index is 11.3. The van der Waals surface area contributed by atoms with Crippen LogP contribution in [0.2, 0.25) is 5.15 Å². The van der Waals surface area contributed by atoms with Gasteiger partial charge in [-0.25, -0.2) is 9.78 Å². The number of esters is 1. The van der Waals surface area contributed by atoms with E-state index < -0.39 is 5.97 Å². The van der Waals surface area contributed by atoms with Crippen molar-refractivity contribution < 1.29 is 9.53 Å². The van der Waals surface area contributed by atoms with E-state index in [0.29, 0.717) is 10.0 Å². The second kappa shape index (κ2) is 5.69. The number of nitrogens with zero attached hydrogens (tertiary/aromatic N) is 1. The molecule has 0 saturated carbocycles. The molecule has 0 unspecified atom stereocenters. The average Bonchev–Trinajstić information content (AvgIpc) is 2.57. The highest BCUT2D eigenvalue weighted by molar-refractivity contribution is 7.18. The normalized spacial score (nSPS) is 11.4. The number of rotatable bonds is 4. The second-order valence-corrected chi connectivity index (χ2v) is 6.23. The Bertz CT molecular complexity index is 399. The predicted octanol–water partition coefficient (Wildman–Crippen LogP) is 3.43. The van der Waals surface area contributed by atoms with Gasteiger partial charge in [-0.3, -0.25) is 0 Å². The van der Waals surface area contributed by atoms with Gasteiger partial charge in [0.05, 0.1) is 7.11 Å². The van der Waals surface area contributed by atoms with Crippen molar-refractivity contribution in [3.8, 4) is 0 Å². The van der Waals surface area contributed by atoms with E-state index in [4.69, 9.17) is 11.6 Å². The Hall–Kier alpha value is -0.810. The van der Waals surface area contributed by atoms with Crippen LogP contribution >= 0.6 is 22.9 Å². The van der Waals surface area contributed by atoms with Crippen LogP contribution in [-0.2, 0) is 4.74 Å². The third kappa shape index (κ3) is 4.52. The van der Waals surface area contributed by atoms with Crippen LogP contribution in [0.5, 0.6) is 0 Å². The molecule has 0 saturated heterocycles. The fourth-order valence-corrected chi connectivity index (χ4v) is 2.27. The number of ether oxygens (including phenoxy) is 1. The summed E-state index contributed by atoms with van der Waals surface area (Å²) in [5.74, 6) is -0.448. The van der Waals surface area contributed by atoms with E-state index in [9.17, 15) is 4.79 Å². The number of carbonyl (C=O) groups is 1. The molecule has 1 heterocycles. The zero-order chi connectivity index (χ0) is 13.1. The molecule has 1 aromatic rings. The molecule has 1 aromatic heterocycles. The van der Waals surface area contributed by atoms with Crippen molar-refractivity contribution in [2.75, 3.05) is 19.0 Å². The van der Waals surface area contributed by atoms with E-state index in [1.165, 1.54) is 18.4 Å². The molecule has 0 aliphatic rings. The van der Waals surface area contributed by atoms with Gasteiger partial charge in [-0.1, -0.05) is 43.7 Å². The van der Waals surface area contributed by atoms with Crippen LogP contribution in [0.4, 0.5) is 5.13 Å². The molecule has 0 bridgehead atoms. The smallest absolute Gasteiger partial charge is 0.351 e. The number of hydrogen-bond donors (Lipinski definition) is 1. The summed E-state index contributed by atoms with van der Waals surface area (Å²) in [5.41, 5.74) is 0.263. The Labute approximate surface area is 110 Å². The third-order valence-electron chi connectivity index (χ3n) is 2.11. The number of methoxy groups -OCH3 is 1. The lowest BCUT2D eigenvalue weighted by Crippen LogP contribution is -2.12. The minimum atomic E-state index is -0.448. The molecule has 0 spiro atoms. The van der Waals surface area contributed by atoms with Crippen molar-refractivity contribution in [1.82, 2.24) is 4.98 Å². The minimum Gasteiger partial charge on any atom is -0.465 e. The fourth-order valence-electron chi connectivity index (χ4n) is 1.14. The van der Waals surface area contributed by atoms with Crippen LogP contribution in [0, 0.1) is 5.41 Å². The first-order chi connectivity index (χ1) is 7.83. The van der Waals surface area contributed by atoms with Gasteiger partial charge in [0.2, 0.25) is 0 Å². The first kappa shape index (κ1) is 14.3. The maximum atomic E-state index is 11.3. The van der Waals surface area contributed by atoms with Crippen LogP contribution in [-0.4, -0.2) is 24.6 Å². The number of aromatic nitrogens is 1. The van der Waals surface area contributed by atoms with E-state index in [-0.39, 0.29) is 10.6 Å². The lowest BCUT2D eigenvalue weighted by molar-refractivity contribution is 0.0606. The Morgan fingerprint density at radius 1 is 1.53 bits per heavy atom. The summed E-state index contributed by atoms with van der Waals surface area (Å²) in [6.07, 6.45) is 1.01. The highest BCUT2D eigenvalue weighted by Gasteiger charge is 2.17. The number of nitrogens with one attached hydrogen (secondary N) is 1. The molecule has 0 radical (unpaired) electrons. The van der Waals surface area contributed by atoms with E-state index >= 15 is 0 Å². The molecule has 0 amide bonds. The Balaban J connectivity index is 2.59. The molecule has 0 aliphatic carbocycles. The number of anilines is 1. The zero-order valence-electron chi connectivity index (χ0n) is 10.5. The van der Waals surface area contributed by atoms with Crippen molar-refractivity contribution in [3.63, 3.8) is 0 Å². The molecular formula is C11H17ClN2O2S. The quantitative estimate of drug-likeness (QED) is 0.856. The number of carbonyl (C=O) groups excluding carboxylic acids is 1. The second-order valence-electron chi connectivity index (χ2n) is 4.87. The predicted molar refractivity (Wildman–Crippen MR) is 71.0 cm³/mol. The van der Waals surface area contributed by atoms with Gasteiger partial charge < -0.3 is 10.1 Å². The molecule has 0 aliphatic heterocycles. The zero-order valence-corrected chi connectivity index (χ0v) is 12.0. The van der Waals surface area contributed by atoms with Crippen LogP contribution < -0.4 is 5.32 Å². The van der Waals surface area contributed by atoms with Gasteiger partial charge in [-0.05, 0) is 11.8 Å². The Kier molecular flexibility index (Phi) is 4.77. The van der Waals surface area contributed by atoms with Crippen LogP contribution in [0.15, 0.2) is 0 Å². The van der Waals surface area contributed by atoms with E-state index in [2.05, 4.69) is 35.8 Å². The van der Waals surface area contributed by atoms with Crippen molar-refractivity contribution >= 4 is 34.0 Å². The SMILES string of the molecule is COC(=O)c1sc(NCCC(C)(C)C)nc1Cl. The summed E-state index contributed by atoms with van der Waals surface area (Å²) >= 11 is 7.06. The number of hydrogen-bond acceptors (Lipinski definition) is 5. The molecule has 0 fully saturated rings. The summed E-state index contributed by atoms with van der Waals surface area (Å²) in [6, 6.07) is 0. The van der Waals surface area contributed by atoms with Crippen molar-refractivity contribution in [2.45, 2.75) is 27.2 Å². The van der Waals surface area contributed by atoms with Gasteiger partial charge >= 0.3 is 5.97 Å². The van der Waals surface area contributed by atoms with E-state index in [0.717, 1.165) is 13.0 Å². The minimum absolute atomic E-state index is 0.195. The van der Waals surface area contributed by atoms with Gasteiger partial charge in [-0.15, -0.1) is 0 Å². The van der Waals surface area contributed by atoms with Crippen molar-refractivity contribution in [2.24, 2.45) is 5.41 Å². The molecular weight excluding hydrogens is 260 g/mol. The van der Waals surface area contributed by atoms with Gasteiger partial charge in [0.1, 0.15) is 0 Å². The monoisotopic (exact) mass is 276 g/mol. The molecule has 17 heavy (non-hydrogen) atoms. The molecule has 4 nitrogen and oxygen atoms in total. The van der Waals surface area contributed by atoms with Crippen LogP contribution in [0.25, 0.3) is 0 Å². The molecule has 1 rings (SSSR count). The van der Waals surface area contributed by atoms with Gasteiger partial charge in [0.15, 0.2) is 15.2 Å². The molecule has 1 N–H and O–H groups in total. The summed E-state index contributed by atoms with van der Waals surface area (Å²) in [5, 5.41) is 4.00. The van der Waals surface area contributed by atoms with Gasteiger partial charge in [0, 0.05) is 6.54 Å². The van der Waals surface area contributed by atoms with Crippen molar-refractivity contribution in [1.29, 1.82) is 0 Å². The Morgan fingerprint density at radius 3 is 2.71 bits per heavy atom. The van der Waals surface area contributed by atoms with E-state index in [1.807, 2.05) is 0 Å². The van der Waals surface area contributed by atoms with E-state index in [1.54, 1.807) is 0 Å². The molecule has 96 valence electrons.